The van der Waals surface area contributed by atoms with Crippen LogP contribution < -0.4 is 10.5 Å². The number of hydrogen-bond donors (Lipinski definition) is 1. The van der Waals surface area contributed by atoms with Gasteiger partial charge >= 0.3 is 0 Å². The number of aryl methyl sites for hydroxylation is 2. The summed E-state index contributed by atoms with van der Waals surface area (Å²) in [5, 5.41) is 2.43. The SMILES string of the molecule is CCC(N)C1CCC(Oc2c(C)cc3cnccc3c2C)CC1. The number of pyridine rings is 1. The molecule has 3 nitrogen and oxygen atoms in total. The molecule has 1 aliphatic carbocycles. The van der Waals surface area contributed by atoms with Crippen molar-refractivity contribution in [3.63, 3.8) is 0 Å². The summed E-state index contributed by atoms with van der Waals surface area (Å²) < 4.78 is 6.43. The number of hydrogen-bond acceptors (Lipinski definition) is 3. The molecule has 0 spiro atoms. The third kappa shape index (κ3) is 3.35. The first-order chi connectivity index (χ1) is 11.1. The van der Waals surface area contributed by atoms with Crippen molar-refractivity contribution in [2.75, 3.05) is 0 Å². The van der Waals surface area contributed by atoms with Gasteiger partial charge in [0.15, 0.2) is 0 Å². The zero-order valence-electron chi connectivity index (χ0n) is 14.5. The summed E-state index contributed by atoms with van der Waals surface area (Å²) in [5.41, 5.74) is 8.64. The van der Waals surface area contributed by atoms with Crippen molar-refractivity contribution in [2.45, 2.75) is 65.0 Å². The normalized spacial score (nSPS) is 23.0. The second kappa shape index (κ2) is 6.88. The van der Waals surface area contributed by atoms with Crippen LogP contribution in [0.25, 0.3) is 10.8 Å². The highest BCUT2D eigenvalue weighted by molar-refractivity contribution is 5.87. The molecule has 1 aromatic heterocycles. The van der Waals surface area contributed by atoms with Crippen LogP contribution in [-0.2, 0) is 0 Å². The lowest BCUT2D eigenvalue weighted by Crippen LogP contribution is -2.35. The summed E-state index contributed by atoms with van der Waals surface area (Å²) in [6.45, 7) is 6.47. The van der Waals surface area contributed by atoms with E-state index in [-0.39, 0.29) is 0 Å². The van der Waals surface area contributed by atoms with E-state index in [2.05, 4.69) is 37.9 Å². The molecule has 0 aliphatic heterocycles. The molecule has 0 amide bonds. The van der Waals surface area contributed by atoms with E-state index in [0.29, 0.717) is 18.1 Å². The van der Waals surface area contributed by atoms with Crippen LogP contribution in [0.2, 0.25) is 0 Å². The summed E-state index contributed by atoms with van der Waals surface area (Å²) in [7, 11) is 0. The van der Waals surface area contributed by atoms with Gasteiger partial charge in [-0.05, 0) is 80.5 Å². The third-order valence-electron chi connectivity index (χ3n) is 5.41. The number of ether oxygens (including phenoxy) is 1. The van der Waals surface area contributed by atoms with E-state index in [1.807, 2.05) is 12.4 Å². The van der Waals surface area contributed by atoms with Gasteiger partial charge in [-0.2, -0.15) is 0 Å². The van der Waals surface area contributed by atoms with Gasteiger partial charge in [-0.3, -0.25) is 4.98 Å². The first-order valence-corrected chi connectivity index (χ1v) is 8.86. The van der Waals surface area contributed by atoms with E-state index >= 15 is 0 Å². The minimum Gasteiger partial charge on any atom is -0.490 e. The fourth-order valence-electron chi connectivity index (χ4n) is 3.90. The number of aromatic nitrogens is 1. The summed E-state index contributed by atoms with van der Waals surface area (Å²) in [5.74, 6) is 1.73. The first-order valence-electron chi connectivity index (χ1n) is 8.86. The molecule has 1 aromatic carbocycles. The van der Waals surface area contributed by atoms with E-state index in [9.17, 15) is 0 Å². The molecule has 0 bridgehead atoms. The predicted octanol–water partition coefficient (Wildman–Crippen LogP) is 4.53. The fraction of sp³-hybridized carbons (Fsp3) is 0.550. The van der Waals surface area contributed by atoms with Gasteiger partial charge < -0.3 is 10.5 Å². The van der Waals surface area contributed by atoms with Crippen LogP contribution in [0.3, 0.4) is 0 Å². The molecule has 3 rings (SSSR count). The largest absolute Gasteiger partial charge is 0.490 e. The maximum Gasteiger partial charge on any atom is 0.126 e. The second-order valence-electron chi connectivity index (χ2n) is 6.97. The Hall–Kier alpha value is -1.61. The van der Waals surface area contributed by atoms with Gasteiger partial charge in [-0.25, -0.2) is 0 Å². The van der Waals surface area contributed by atoms with Crippen molar-refractivity contribution in [2.24, 2.45) is 11.7 Å². The van der Waals surface area contributed by atoms with Crippen molar-refractivity contribution in [1.29, 1.82) is 0 Å². The molecule has 2 aromatic rings. The summed E-state index contributed by atoms with van der Waals surface area (Å²) >= 11 is 0. The van der Waals surface area contributed by atoms with Crippen LogP contribution >= 0.6 is 0 Å². The molecule has 3 heteroatoms. The van der Waals surface area contributed by atoms with E-state index in [1.165, 1.54) is 34.7 Å². The van der Waals surface area contributed by atoms with E-state index in [4.69, 9.17) is 10.5 Å². The van der Waals surface area contributed by atoms with Crippen molar-refractivity contribution >= 4 is 10.8 Å². The summed E-state index contributed by atoms with van der Waals surface area (Å²) in [4.78, 5) is 4.22. The minimum absolute atomic E-state index is 0.326. The molecular weight excluding hydrogens is 284 g/mol. The van der Waals surface area contributed by atoms with Crippen molar-refractivity contribution in [3.05, 3.63) is 35.7 Å². The summed E-state index contributed by atoms with van der Waals surface area (Å²) in [6.07, 6.45) is 9.80. The Kier molecular flexibility index (Phi) is 4.86. The molecule has 0 saturated heterocycles. The highest BCUT2D eigenvalue weighted by Crippen LogP contribution is 2.35. The average molecular weight is 312 g/mol. The average Bonchev–Trinajstić information content (AvgIpc) is 2.58. The van der Waals surface area contributed by atoms with Gasteiger partial charge in [0, 0.05) is 23.8 Å². The van der Waals surface area contributed by atoms with Crippen LogP contribution in [0.4, 0.5) is 0 Å². The molecule has 2 N–H and O–H groups in total. The third-order valence-corrected chi connectivity index (χ3v) is 5.41. The molecule has 1 saturated carbocycles. The highest BCUT2D eigenvalue weighted by Gasteiger charge is 2.26. The lowest BCUT2D eigenvalue weighted by atomic mass is 9.82. The molecule has 124 valence electrons. The monoisotopic (exact) mass is 312 g/mol. The maximum absolute atomic E-state index is 6.43. The standard InChI is InChI=1S/C20H28N2O/c1-4-19(21)15-5-7-17(8-6-15)23-20-13(2)11-16-12-22-10-9-18(16)14(20)3/h9-12,15,17,19H,4-8,21H2,1-3H3. The van der Waals surface area contributed by atoms with Crippen molar-refractivity contribution < 1.29 is 4.74 Å². The van der Waals surface area contributed by atoms with Crippen molar-refractivity contribution in [3.8, 4) is 5.75 Å². The first kappa shape index (κ1) is 16.3. The fourth-order valence-corrected chi connectivity index (χ4v) is 3.90. The zero-order valence-corrected chi connectivity index (χ0v) is 14.5. The van der Waals surface area contributed by atoms with Gasteiger partial charge in [-0.1, -0.05) is 6.92 Å². The molecule has 1 atom stereocenters. The van der Waals surface area contributed by atoms with Crippen molar-refractivity contribution in [1.82, 2.24) is 4.98 Å². The maximum atomic E-state index is 6.43. The zero-order chi connectivity index (χ0) is 16.4. The second-order valence-corrected chi connectivity index (χ2v) is 6.97. The predicted molar refractivity (Wildman–Crippen MR) is 95.9 cm³/mol. The molecule has 1 unspecified atom stereocenters. The van der Waals surface area contributed by atoms with Gasteiger partial charge in [0.05, 0.1) is 6.10 Å². The molecule has 23 heavy (non-hydrogen) atoms. The number of nitrogens with two attached hydrogens (primary N) is 1. The lowest BCUT2D eigenvalue weighted by Gasteiger charge is -2.32. The number of nitrogens with zero attached hydrogens (tertiary/aromatic N) is 1. The smallest absolute Gasteiger partial charge is 0.126 e. The Bertz CT molecular complexity index is 675. The van der Waals surface area contributed by atoms with Gasteiger partial charge in [0.2, 0.25) is 0 Å². The van der Waals surface area contributed by atoms with Crippen LogP contribution in [0, 0.1) is 19.8 Å². The Morgan fingerprint density at radius 1 is 1.26 bits per heavy atom. The molecule has 1 fully saturated rings. The Morgan fingerprint density at radius 3 is 2.70 bits per heavy atom. The minimum atomic E-state index is 0.326. The molecule has 0 radical (unpaired) electrons. The van der Waals surface area contributed by atoms with Gasteiger partial charge in [0.1, 0.15) is 5.75 Å². The highest BCUT2D eigenvalue weighted by atomic mass is 16.5. The lowest BCUT2D eigenvalue weighted by molar-refractivity contribution is 0.121. The van der Waals surface area contributed by atoms with Crippen LogP contribution in [0.1, 0.15) is 50.2 Å². The van der Waals surface area contributed by atoms with Crippen LogP contribution in [0.15, 0.2) is 24.5 Å². The van der Waals surface area contributed by atoms with Gasteiger partial charge in [0.25, 0.3) is 0 Å². The number of rotatable bonds is 4. The molecule has 1 aliphatic rings. The summed E-state index contributed by atoms with van der Waals surface area (Å²) in [6, 6.07) is 4.62. The van der Waals surface area contributed by atoms with E-state index in [1.54, 1.807) is 0 Å². The Labute approximate surface area is 139 Å². The number of fused-ring (bicyclic) bond motifs is 1. The topological polar surface area (TPSA) is 48.1 Å². The Morgan fingerprint density at radius 2 is 2.00 bits per heavy atom. The van der Waals surface area contributed by atoms with Gasteiger partial charge in [-0.15, -0.1) is 0 Å². The van der Waals surface area contributed by atoms with Crippen LogP contribution in [0.5, 0.6) is 5.75 Å². The van der Waals surface area contributed by atoms with E-state index < -0.39 is 0 Å². The number of benzene rings is 1. The quantitative estimate of drug-likeness (QED) is 0.902. The molecule has 1 heterocycles. The van der Waals surface area contributed by atoms with E-state index in [0.717, 1.165) is 25.0 Å². The molecular formula is C20H28N2O. The Balaban J connectivity index is 1.75. The van der Waals surface area contributed by atoms with Crippen LogP contribution in [-0.4, -0.2) is 17.1 Å².